The third-order valence-corrected chi connectivity index (χ3v) is 6.23. The zero-order valence-corrected chi connectivity index (χ0v) is 18.7. The van der Waals surface area contributed by atoms with Gasteiger partial charge in [0.15, 0.2) is 11.5 Å². The second-order valence-corrected chi connectivity index (χ2v) is 8.72. The highest BCUT2D eigenvalue weighted by Crippen LogP contribution is 2.34. The molecule has 0 aliphatic carbocycles. The minimum atomic E-state index is -0.457. The number of fused-ring (bicyclic) bond motifs is 2. The van der Waals surface area contributed by atoms with E-state index in [9.17, 15) is 9.59 Å². The van der Waals surface area contributed by atoms with Crippen LogP contribution in [-0.2, 0) is 24.3 Å². The van der Waals surface area contributed by atoms with Crippen LogP contribution in [0.1, 0.15) is 47.3 Å². The van der Waals surface area contributed by atoms with E-state index in [2.05, 4.69) is 13.8 Å². The summed E-state index contributed by atoms with van der Waals surface area (Å²) < 4.78 is 10.9. The normalized spacial score (nSPS) is 16.2. The first-order valence-electron chi connectivity index (χ1n) is 10.8. The lowest BCUT2D eigenvalue weighted by molar-refractivity contribution is -0.137. The van der Waals surface area contributed by atoms with Crippen LogP contribution in [0.25, 0.3) is 0 Å². The van der Waals surface area contributed by atoms with Crippen LogP contribution >= 0.6 is 0 Å². The lowest BCUT2D eigenvalue weighted by Gasteiger charge is -2.36. The van der Waals surface area contributed by atoms with Gasteiger partial charge >= 0.3 is 0 Å². The second kappa shape index (κ2) is 8.61. The Balaban J connectivity index is 1.58. The molecular formula is C25H30N2O4. The van der Waals surface area contributed by atoms with Crippen molar-refractivity contribution in [3.8, 4) is 11.5 Å². The fraction of sp³-hybridized carbons (Fsp3) is 0.440. The number of carbonyl (C=O) groups is 2. The second-order valence-electron chi connectivity index (χ2n) is 8.72. The number of rotatable bonds is 6. The van der Waals surface area contributed by atoms with Gasteiger partial charge in [0.05, 0.1) is 14.2 Å². The number of ether oxygens (including phenoxy) is 2. The number of benzene rings is 2. The Morgan fingerprint density at radius 3 is 2.32 bits per heavy atom. The van der Waals surface area contributed by atoms with Crippen molar-refractivity contribution in [1.29, 1.82) is 0 Å². The molecule has 31 heavy (non-hydrogen) atoms. The molecule has 2 heterocycles. The average molecular weight is 423 g/mol. The van der Waals surface area contributed by atoms with Gasteiger partial charge in [0.25, 0.3) is 5.91 Å². The Morgan fingerprint density at radius 1 is 1.00 bits per heavy atom. The van der Waals surface area contributed by atoms with Crippen LogP contribution < -0.4 is 9.47 Å². The predicted molar refractivity (Wildman–Crippen MR) is 118 cm³/mol. The van der Waals surface area contributed by atoms with Crippen LogP contribution in [0.5, 0.6) is 11.5 Å². The third-order valence-electron chi connectivity index (χ3n) is 6.23. The van der Waals surface area contributed by atoms with Crippen molar-refractivity contribution >= 4 is 11.8 Å². The SMILES string of the molecule is COc1cc2c(cc1OC)CN(C(=O)[C@H](CC(C)C)N1Cc3ccccc3C1=O)CC2. The minimum absolute atomic E-state index is 0.0234. The molecule has 0 radical (unpaired) electrons. The first-order chi connectivity index (χ1) is 14.9. The number of methoxy groups -OCH3 is 2. The van der Waals surface area contributed by atoms with Crippen molar-refractivity contribution in [2.24, 2.45) is 5.92 Å². The van der Waals surface area contributed by atoms with Crippen molar-refractivity contribution in [2.75, 3.05) is 20.8 Å². The fourth-order valence-corrected chi connectivity index (χ4v) is 4.62. The molecule has 0 aromatic heterocycles. The largest absolute Gasteiger partial charge is 0.493 e. The van der Waals surface area contributed by atoms with E-state index >= 15 is 0 Å². The molecular weight excluding hydrogens is 392 g/mol. The molecule has 1 atom stereocenters. The quantitative estimate of drug-likeness (QED) is 0.713. The van der Waals surface area contributed by atoms with Crippen LogP contribution in [0.15, 0.2) is 36.4 Å². The number of nitrogens with zero attached hydrogens (tertiary/aromatic N) is 2. The molecule has 4 rings (SSSR count). The summed E-state index contributed by atoms with van der Waals surface area (Å²) in [6, 6.07) is 11.2. The van der Waals surface area contributed by atoms with Gasteiger partial charge in [-0.2, -0.15) is 0 Å². The lowest BCUT2D eigenvalue weighted by Crippen LogP contribution is -2.50. The van der Waals surface area contributed by atoms with Gasteiger partial charge in [-0.3, -0.25) is 9.59 Å². The average Bonchev–Trinajstić information content (AvgIpc) is 3.11. The number of hydrogen-bond acceptors (Lipinski definition) is 4. The van der Waals surface area contributed by atoms with E-state index in [-0.39, 0.29) is 11.8 Å². The van der Waals surface area contributed by atoms with Gasteiger partial charge in [0.1, 0.15) is 6.04 Å². The Labute approximate surface area is 183 Å². The van der Waals surface area contributed by atoms with Crippen LogP contribution in [0.3, 0.4) is 0 Å². The van der Waals surface area contributed by atoms with E-state index in [1.807, 2.05) is 41.3 Å². The van der Waals surface area contributed by atoms with Crippen LogP contribution in [0.2, 0.25) is 0 Å². The molecule has 0 bridgehead atoms. The van der Waals surface area contributed by atoms with Crippen LogP contribution in [-0.4, -0.2) is 48.4 Å². The van der Waals surface area contributed by atoms with E-state index in [4.69, 9.17) is 9.47 Å². The standard InChI is InChI=1S/C25H30N2O4/c1-16(2)11-21(27-15-18-7-5-6-8-20(18)24(27)28)25(29)26-10-9-17-12-22(30-3)23(31-4)13-19(17)14-26/h5-8,12-13,16,21H,9-11,14-15H2,1-4H3/t21-/m0/s1. The maximum atomic E-state index is 13.7. The molecule has 6 heteroatoms. The monoisotopic (exact) mass is 422 g/mol. The first-order valence-corrected chi connectivity index (χ1v) is 10.8. The molecule has 0 fully saturated rings. The minimum Gasteiger partial charge on any atom is -0.493 e. The highest BCUT2D eigenvalue weighted by Gasteiger charge is 2.39. The third kappa shape index (κ3) is 3.99. The molecule has 0 unspecified atom stereocenters. The van der Waals surface area contributed by atoms with E-state index in [0.717, 1.165) is 17.5 Å². The van der Waals surface area contributed by atoms with E-state index in [1.54, 1.807) is 19.1 Å². The van der Waals surface area contributed by atoms with E-state index in [0.29, 0.717) is 49.0 Å². The zero-order chi connectivity index (χ0) is 22.1. The molecule has 2 aliphatic rings. The summed E-state index contributed by atoms with van der Waals surface area (Å²) in [5.41, 5.74) is 3.95. The summed E-state index contributed by atoms with van der Waals surface area (Å²) >= 11 is 0. The predicted octanol–water partition coefficient (Wildman–Crippen LogP) is 3.66. The summed E-state index contributed by atoms with van der Waals surface area (Å²) in [4.78, 5) is 30.4. The highest BCUT2D eigenvalue weighted by atomic mass is 16.5. The summed E-state index contributed by atoms with van der Waals surface area (Å²) in [7, 11) is 3.25. The van der Waals surface area contributed by atoms with Gasteiger partial charge in [0, 0.05) is 25.2 Å². The Morgan fingerprint density at radius 2 is 1.68 bits per heavy atom. The first kappa shape index (κ1) is 21.2. The molecule has 164 valence electrons. The van der Waals surface area contributed by atoms with Crippen molar-refractivity contribution in [2.45, 2.75) is 45.8 Å². The Kier molecular flexibility index (Phi) is 5.90. The number of hydrogen-bond donors (Lipinski definition) is 0. The summed E-state index contributed by atoms with van der Waals surface area (Å²) in [5.74, 6) is 1.65. The molecule has 0 saturated carbocycles. The lowest BCUT2D eigenvalue weighted by atomic mass is 9.96. The van der Waals surface area contributed by atoms with Gasteiger partial charge in [-0.1, -0.05) is 32.0 Å². The molecule has 2 aliphatic heterocycles. The van der Waals surface area contributed by atoms with Gasteiger partial charge < -0.3 is 19.3 Å². The topological polar surface area (TPSA) is 59.1 Å². The zero-order valence-electron chi connectivity index (χ0n) is 18.7. The summed E-state index contributed by atoms with van der Waals surface area (Å²) in [6.07, 6.45) is 1.40. The van der Waals surface area contributed by atoms with Gasteiger partial charge in [-0.15, -0.1) is 0 Å². The molecule has 0 saturated heterocycles. The molecule has 6 nitrogen and oxygen atoms in total. The van der Waals surface area contributed by atoms with Crippen molar-refractivity contribution in [1.82, 2.24) is 9.80 Å². The fourth-order valence-electron chi connectivity index (χ4n) is 4.62. The van der Waals surface area contributed by atoms with Crippen LogP contribution in [0, 0.1) is 5.92 Å². The smallest absolute Gasteiger partial charge is 0.255 e. The van der Waals surface area contributed by atoms with Crippen molar-refractivity contribution < 1.29 is 19.1 Å². The highest BCUT2D eigenvalue weighted by molar-refractivity contribution is 6.01. The van der Waals surface area contributed by atoms with Gasteiger partial charge in [-0.25, -0.2) is 0 Å². The number of carbonyl (C=O) groups excluding carboxylic acids is 2. The maximum Gasteiger partial charge on any atom is 0.255 e. The molecule has 0 N–H and O–H groups in total. The van der Waals surface area contributed by atoms with E-state index in [1.165, 1.54) is 5.56 Å². The van der Waals surface area contributed by atoms with Gasteiger partial charge in [0.2, 0.25) is 5.91 Å². The van der Waals surface area contributed by atoms with E-state index < -0.39 is 6.04 Å². The van der Waals surface area contributed by atoms with Gasteiger partial charge in [-0.05, 0) is 53.6 Å². The molecule has 2 aromatic rings. The Hall–Kier alpha value is -3.02. The molecule has 2 aromatic carbocycles. The Bertz CT molecular complexity index is 1000. The van der Waals surface area contributed by atoms with Crippen LogP contribution in [0.4, 0.5) is 0 Å². The van der Waals surface area contributed by atoms with Crippen molar-refractivity contribution in [3.05, 3.63) is 58.7 Å². The summed E-state index contributed by atoms with van der Waals surface area (Å²) in [5, 5.41) is 0. The summed E-state index contributed by atoms with van der Waals surface area (Å²) in [6.45, 7) is 5.82. The molecule has 0 spiro atoms. The number of amides is 2. The van der Waals surface area contributed by atoms with Crippen molar-refractivity contribution in [3.63, 3.8) is 0 Å². The maximum absolute atomic E-state index is 13.7. The molecule has 2 amide bonds.